The molecule has 0 aliphatic rings. The van der Waals surface area contributed by atoms with Crippen LogP contribution in [0.2, 0.25) is 0 Å². The second kappa shape index (κ2) is 9.45. The molecule has 0 saturated heterocycles. The Bertz CT molecular complexity index is 516. The van der Waals surface area contributed by atoms with Gasteiger partial charge in [0.25, 0.3) is 5.91 Å². The van der Waals surface area contributed by atoms with Crippen LogP contribution in [0.15, 0.2) is 29.2 Å². The number of carboxylic acids is 1. The number of hydrogen-bond donors (Lipinski definition) is 1. The molecule has 1 rings (SSSR count). The molecule has 6 heteroatoms. The fraction of sp³-hybridized carbons (Fsp3) is 0.529. The molecule has 128 valence electrons. The van der Waals surface area contributed by atoms with Crippen molar-refractivity contribution in [2.24, 2.45) is 5.92 Å². The number of carbonyl (C=O) groups excluding carboxylic acids is 1. The predicted octanol–water partition coefficient (Wildman–Crippen LogP) is 3.14. The van der Waals surface area contributed by atoms with Crippen LogP contribution in [0.5, 0.6) is 5.75 Å². The number of aliphatic carboxylic acids is 1. The topological polar surface area (TPSA) is 66.8 Å². The summed E-state index contributed by atoms with van der Waals surface area (Å²) < 4.78 is 5.70. The summed E-state index contributed by atoms with van der Waals surface area (Å²) in [6.07, 6.45) is 1.28. The van der Waals surface area contributed by atoms with Gasteiger partial charge in [-0.2, -0.15) is 0 Å². The number of carboxylic acid groups (broad SMARTS) is 1. The third-order valence-electron chi connectivity index (χ3n) is 3.21. The first kappa shape index (κ1) is 19.4. The molecule has 0 aliphatic heterocycles. The molecule has 0 fully saturated rings. The summed E-state index contributed by atoms with van der Waals surface area (Å²) in [6, 6.07) is 7.54. The van der Waals surface area contributed by atoms with E-state index in [0.29, 0.717) is 12.3 Å². The van der Waals surface area contributed by atoms with Gasteiger partial charge in [-0.05, 0) is 43.4 Å². The van der Waals surface area contributed by atoms with E-state index in [-0.39, 0.29) is 24.8 Å². The molecule has 0 saturated carbocycles. The minimum atomic E-state index is -0.909. The van der Waals surface area contributed by atoms with E-state index in [2.05, 4.69) is 0 Å². The van der Waals surface area contributed by atoms with E-state index in [0.717, 1.165) is 4.90 Å². The molecule has 1 unspecified atom stereocenters. The zero-order valence-corrected chi connectivity index (χ0v) is 14.9. The third-order valence-corrected chi connectivity index (χ3v) is 3.96. The molecule has 0 radical (unpaired) electrons. The zero-order chi connectivity index (χ0) is 17.4. The Kier molecular flexibility index (Phi) is 7.95. The predicted molar refractivity (Wildman–Crippen MR) is 92.0 cm³/mol. The average Bonchev–Trinajstić information content (AvgIpc) is 2.50. The minimum Gasteiger partial charge on any atom is -0.481 e. The molecule has 1 atom stereocenters. The Morgan fingerprint density at radius 2 is 1.83 bits per heavy atom. The molecule has 5 nitrogen and oxygen atoms in total. The van der Waals surface area contributed by atoms with E-state index < -0.39 is 12.1 Å². The summed E-state index contributed by atoms with van der Waals surface area (Å²) in [5.74, 6) is -0.200. The van der Waals surface area contributed by atoms with E-state index in [1.54, 1.807) is 23.6 Å². The highest BCUT2D eigenvalue weighted by Crippen LogP contribution is 2.20. The van der Waals surface area contributed by atoms with Crippen LogP contribution < -0.4 is 4.74 Å². The lowest BCUT2D eigenvalue weighted by Crippen LogP contribution is -2.43. The smallest absolute Gasteiger partial charge is 0.305 e. The zero-order valence-electron chi connectivity index (χ0n) is 14.1. The SMILES string of the molecule is CSc1ccc(OC(C)C(=O)N(CCC(=O)O)CC(C)C)cc1. The van der Waals surface area contributed by atoms with E-state index >= 15 is 0 Å². The first-order valence-corrected chi connectivity index (χ1v) is 8.87. The van der Waals surface area contributed by atoms with Crippen LogP contribution in [0.1, 0.15) is 27.2 Å². The van der Waals surface area contributed by atoms with E-state index in [1.165, 1.54) is 0 Å². The Hall–Kier alpha value is -1.69. The Morgan fingerprint density at radius 3 is 2.30 bits per heavy atom. The second-order valence-corrected chi connectivity index (χ2v) is 6.64. The fourth-order valence-corrected chi connectivity index (χ4v) is 2.54. The summed E-state index contributed by atoms with van der Waals surface area (Å²) in [5, 5.41) is 8.83. The third kappa shape index (κ3) is 6.95. The molecule has 1 aromatic carbocycles. The van der Waals surface area contributed by atoms with Gasteiger partial charge in [-0.1, -0.05) is 13.8 Å². The van der Waals surface area contributed by atoms with Gasteiger partial charge in [0.15, 0.2) is 6.10 Å². The van der Waals surface area contributed by atoms with Crippen molar-refractivity contribution in [3.05, 3.63) is 24.3 Å². The highest BCUT2D eigenvalue weighted by Gasteiger charge is 2.23. The Balaban J connectivity index is 2.69. The maximum Gasteiger partial charge on any atom is 0.305 e. The monoisotopic (exact) mass is 339 g/mol. The lowest BCUT2D eigenvalue weighted by atomic mass is 10.2. The molecule has 1 aromatic rings. The molecular formula is C17H25NO4S. The van der Waals surface area contributed by atoms with Crippen LogP contribution in [0.3, 0.4) is 0 Å². The van der Waals surface area contributed by atoms with Gasteiger partial charge in [-0.25, -0.2) is 0 Å². The van der Waals surface area contributed by atoms with Crippen molar-refractivity contribution in [1.82, 2.24) is 4.90 Å². The minimum absolute atomic E-state index is 0.0619. The number of thioether (sulfide) groups is 1. The second-order valence-electron chi connectivity index (χ2n) is 5.76. The highest BCUT2D eigenvalue weighted by molar-refractivity contribution is 7.98. The summed E-state index contributed by atoms with van der Waals surface area (Å²) in [6.45, 7) is 6.40. The molecule has 0 heterocycles. The molecular weight excluding hydrogens is 314 g/mol. The van der Waals surface area contributed by atoms with Gasteiger partial charge in [0.1, 0.15) is 5.75 Å². The molecule has 0 spiro atoms. The largest absolute Gasteiger partial charge is 0.481 e. The van der Waals surface area contributed by atoms with Gasteiger partial charge in [0.2, 0.25) is 0 Å². The quantitative estimate of drug-likeness (QED) is 0.700. The van der Waals surface area contributed by atoms with Gasteiger partial charge in [-0.15, -0.1) is 11.8 Å². The highest BCUT2D eigenvalue weighted by atomic mass is 32.2. The number of nitrogens with zero attached hydrogens (tertiary/aromatic N) is 1. The summed E-state index contributed by atoms with van der Waals surface area (Å²) in [4.78, 5) is 26.0. The Morgan fingerprint density at radius 1 is 1.22 bits per heavy atom. The average molecular weight is 339 g/mol. The first-order valence-electron chi connectivity index (χ1n) is 7.64. The normalized spacial score (nSPS) is 12.0. The van der Waals surface area contributed by atoms with Crippen LogP contribution in [0.4, 0.5) is 0 Å². The number of ether oxygens (including phenoxy) is 1. The van der Waals surface area contributed by atoms with Gasteiger partial charge in [-0.3, -0.25) is 9.59 Å². The van der Waals surface area contributed by atoms with Gasteiger partial charge < -0.3 is 14.7 Å². The van der Waals surface area contributed by atoms with Crippen LogP contribution in [0, 0.1) is 5.92 Å². The Labute approximate surface area is 142 Å². The summed E-state index contributed by atoms with van der Waals surface area (Å²) >= 11 is 1.64. The summed E-state index contributed by atoms with van der Waals surface area (Å²) in [5.41, 5.74) is 0. The first-order chi connectivity index (χ1) is 10.8. The van der Waals surface area contributed by atoms with Crippen LogP contribution in [-0.4, -0.2) is 47.3 Å². The number of hydrogen-bond acceptors (Lipinski definition) is 4. The van der Waals surface area contributed by atoms with Crippen molar-refractivity contribution in [1.29, 1.82) is 0 Å². The van der Waals surface area contributed by atoms with Crippen molar-refractivity contribution in [3.63, 3.8) is 0 Å². The lowest BCUT2D eigenvalue weighted by Gasteiger charge is -2.27. The number of carbonyl (C=O) groups is 2. The van der Waals surface area contributed by atoms with Crippen molar-refractivity contribution in [2.75, 3.05) is 19.3 Å². The lowest BCUT2D eigenvalue weighted by molar-refractivity contribution is -0.141. The van der Waals surface area contributed by atoms with Gasteiger partial charge in [0.05, 0.1) is 6.42 Å². The van der Waals surface area contributed by atoms with E-state index in [1.807, 2.05) is 44.4 Å². The maximum atomic E-state index is 12.5. The van der Waals surface area contributed by atoms with Crippen LogP contribution in [0.25, 0.3) is 0 Å². The standard InChI is InChI=1S/C17H25NO4S/c1-12(2)11-18(10-9-16(19)20)17(21)13(3)22-14-5-7-15(23-4)8-6-14/h5-8,12-13H,9-11H2,1-4H3,(H,19,20). The van der Waals surface area contributed by atoms with E-state index in [4.69, 9.17) is 9.84 Å². The van der Waals surface area contributed by atoms with Crippen molar-refractivity contribution in [2.45, 2.75) is 38.2 Å². The van der Waals surface area contributed by atoms with Gasteiger partial charge >= 0.3 is 5.97 Å². The molecule has 1 amide bonds. The van der Waals surface area contributed by atoms with Crippen molar-refractivity contribution >= 4 is 23.6 Å². The molecule has 23 heavy (non-hydrogen) atoms. The molecule has 0 aromatic heterocycles. The number of amides is 1. The van der Waals surface area contributed by atoms with Crippen molar-refractivity contribution < 1.29 is 19.4 Å². The molecule has 0 bridgehead atoms. The number of benzene rings is 1. The molecule has 0 aliphatic carbocycles. The summed E-state index contributed by atoms with van der Waals surface area (Å²) in [7, 11) is 0. The van der Waals surface area contributed by atoms with Crippen LogP contribution >= 0.6 is 11.8 Å². The fourth-order valence-electron chi connectivity index (χ4n) is 2.13. The molecule has 1 N–H and O–H groups in total. The maximum absolute atomic E-state index is 12.5. The van der Waals surface area contributed by atoms with Gasteiger partial charge in [0, 0.05) is 18.0 Å². The number of rotatable bonds is 9. The van der Waals surface area contributed by atoms with Crippen LogP contribution in [-0.2, 0) is 9.59 Å². The van der Waals surface area contributed by atoms with E-state index in [9.17, 15) is 9.59 Å². The van der Waals surface area contributed by atoms with Crippen molar-refractivity contribution in [3.8, 4) is 5.75 Å².